The van der Waals surface area contributed by atoms with E-state index in [2.05, 4.69) is 20.8 Å². The van der Waals surface area contributed by atoms with E-state index in [-0.39, 0.29) is 11.9 Å². The second-order valence-electron chi connectivity index (χ2n) is 8.78. The predicted molar refractivity (Wildman–Crippen MR) is 121 cm³/mol. The zero-order valence-electron chi connectivity index (χ0n) is 18.2. The molecule has 2 aromatic carbocycles. The van der Waals surface area contributed by atoms with Crippen LogP contribution in [-0.2, 0) is 9.53 Å². The van der Waals surface area contributed by atoms with E-state index in [1.165, 1.54) is 0 Å². The van der Waals surface area contributed by atoms with Crippen LogP contribution >= 0.6 is 0 Å². The van der Waals surface area contributed by atoms with Crippen molar-refractivity contribution in [3.05, 3.63) is 77.9 Å². The molecular weight excluding hydrogens is 372 g/mol. The fourth-order valence-corrected chi connectivity index (χ4v) is 4.30. The minimum atomic E-state index is -0.947. The van der Waals surface area contributed by atoms with Crippen molar-refractivity contribution in [1.29, 1.82) is 0 Å². The van der Waals surface area contributed by atoms with Crippen molar-refractivity contribution in [3.63, 3.8) is 0 Å². The second kappa shape index (κ2) is 10.4. The standard InChI is InChI=1S/C27H32O3/c1-19(2)23-16-14-20(3)18-25(23)30-27(29)24(17-15-21-10-6-4-7-11-21)26(28)22-12-8-5-9-13-22/h4-13,15,17,19-20,23-25H,14,16,18H2,1-3H3/b17-15+/t20-,23-,24-,25+/m0/s1. The Morgan fingerprint density at radius 2 is 1.60 bits per heavy atom. The first kappa shape index (κ1) is 22.0. The smallest absolute Gasteiger partial charge is 0.321 e. The van der Waals surface area contributed by atoms with Crippen LogP contribution in [0.1, 0.15) is 56.0 Å². The molecule has 158 valence electrons. The summed E-state index contributed by atoms with van der Waals surface area (Å²) in [6, 6.07) is 18.7. The molecule has 0 amide bonds. The van der Waals surface area contributed by atoms with Gasteiger partial charge in [-0.25, -0.2) is 0 Å². The number of Topliss-reactive ketones (excluding diaryl/α,β-unsaturated/α-hetero) is 1. The minimum absolute atomic E-state index is 0.127. The number of rotatable bonds is 7. The van der Waals surface area contributed by atoms with Crippen LogP contribution in [0.15, 0.2) is 66.7 Å². The third-order valence-corrected chi connectivity index (χ3v) is 6.10. The van der Waals surface area contributed by atoms with E-state index in [1.54, 1.807) is 18.2 Å². The Balaban J connectivity index is 1.84. The molecule has 0 aliphatic heterocycles. The van der Waals surface area contributed by atoms with Crippen molar-refractivity contribution < 1.29 is 14.3 Å². The molecule has 3 rings (SSSR count). The monoisotopic (exact) mass is 404 g/mol. The van der Waals surface area contributed by atoms with Crippen LogP contribution in [-0.4, -0.2) is 17.9 Å². The van der Waals surface area contributed by atoms with Gasteiger partial charge < -0.3 is 4.74 Å². The first-order chi connectivity index (χ1) is 14.5. The van der Waals surface area contributed by atoms with Gasteiger partial charge in [0.25, 0.3) is 0 Å². The van der Waals surface area contributed by atoms with Gasteiger partial charge in [0, 0.05) is 5.56 Å². The maximum atomic E-state index is 13.2. The highest BCUT2D eigenvalue weighted by Gasteiger charge is 2.36. The largest absolute Gasteiger partial charge is 0.461 e. The van der Waals surface area contributed by atoms with Crippen LogP contribution in [0.25, 0.3) is 6.08 Å². The van der Waals surface area contributed by atoms with Crippen molar-refractivity contribution in [2.45, 2.75) is 46.1 Å². The van der Waals surface area contributed by atoms with Crippen LogP contribution in [0, 0.1) is 23.7 Å². The molecule has 3 heteroatoms. The molecule has 1 aliphatic rings. The Hall–Kier alpha value is -2.68. The van der Waals surface area contributed by atoms with Crippen molar-refractivity contribution >= 4 is 17.8 Å². The SMILES string of the molecule is CC(C)[C@@H]1CC[C@H](C)C[C@H]1OC(=O)[C@@H](/C=C/c1ccccc1)C(=O)c1ccccc1. The lowest BCUT2D eigenvalue weighted by molar-refractivity contribution is -0.157. The Bertz CT molecular complexity index is 854. The van der Waals surface area contributed by atoms with Crippen LogP contribution in [0.2, 0.25) is 0 Å². The lowest BCUT2D eigenvalue weighted by Crippen LogP contribution is -2.38. The molecule has 2 aromatic rings. The highest BCUT2D eigenvalue weighted by molar-refractivity contribution is 6.10. The van der Waals surface area contributed by atoms with Crippen molar-refractivity contribution in [3.8, 4) is 0 Å². The molecular formula is C27H32O3. The van der Waals surface area contributed by atoms with Gasteiger partial charge in [-0.05, 0) is 36.2 Å². The summed E-state index contributed by atoms with van der Waals surface area (Å²) in [5, 5.41) is 0. The third kappa shape index (κ3) is 5.69. The van der Waals surface area contributed by atoms with Gasteiger partial charge in [0.2, 0.25) is 0 Å². The van der Waals surface area contributed by atoms with Gasteiger partial charge in [0.15, 0.2) is 5.78 Å². The average Bonchev–Trinajstić information content (AvgIpc) is 2.75. The van der Waals surface area contributed by atoms with Gasteiger partial charge in [-0.1, -0.05) is 100 Å². The van der Waals surface area contributed by atoms with Gasteiger partial charge >= 0.3 is 5.97 Å². The van der Waals surface area contributed by atoms with E-state index in [9.17, 15) is 9.59 Å². The van der Waals surface area contributed by atoms with Crippen LogP contribution in [0.5, 0.6) is 0 Å². The number of ether oxygens (including phenoxy) is 1. The van der Waals surface area contributed by atoms with Gasteiger partial charge in [0.1, 0.15) is 12.0 Å². The highest BCUT2D eigenvalue weighted by Crippen LogP contribution is 2.36. The summed E-state index contributed by atoms with van der Waals surface area (Å²) in [6.45, 7) is 6.58. The number of carbonyl (C=O) groups excluding carboxylic acids is 2. The van der Waals surface area contributed by atoms with Gasteiger partial charge in [0.05, 0.1) is 0 Å². The Morgan fingerprint density at radius 3 is 2.23 bits per heavy atom. The molecule has 1 fully saturated rings. The molecule has 0 unspecified atom stereocenters. The summed E-state index contributed by atoms with van der Waals surface area (Å²) in [5.41, 5.74) is 1.47. The molecule has 4 atom stereocenters. The molecule has 0 radical (unpaired) electrons. The number of esters is 1. The van der Waals surface area contributed by atoms with Crippen LogP contribution in [0.3, 0.4) is 0 Å². The van der Waals surface area contributed by atoms with Crippen LogP contribution < -0.4 is 0 Å². The minimum Gasteiger partial charge on any atom is -0.461 e. The molecule has 0 aromatic heterocycles. The van der Waals surface area contributed by atoms with Crippen molar-refractivity contribution in [1.82, 2.24) is 0 Å². The zero-order chi connectivity index (χ0) is 21.5. The molecule has 0 spiro atoms. The molecule has 0 saturated heterocycles. The molecule has 1 saturated carbocycles. The maximum Gasteiger partial charge on any atom is 0.321 e. The highest BCUT2D eigenvalue weighted by atomic mass is 16.5. The Labute approximate surface area is 180 Å². The molecule has 0 N–H and O–H groups in total. The van der Waals surface area contributed by atoms with E-state index in [4.69, 9.17) is 4.74 Å². The van der Waals surface area contributed by atoms with Crippen LogP contribution in [0.4, 0.5) is 0 Å². The quantitative estimate of drug-likeness (QED) is 0.313. The molecule has 30 heavy (non-hydrogen) atoms. The van der Waals surface area contributed by atoms with Crippen molar-refractivity contribution in [2.75, 3.05) is 0 Å². The summed E-state index contributed by atoms with van der Waals surface area (Å²) in [7, 11) is 0. The Kier molecular flexibility index (Phi) is 7.62. The molecule has 1 aliphatic carbocycles. The van der Waals surface area contributed by atoms with E-state index in [0.29, 0.717) is 23.3 Å². The van der Waals surface area contributed by atoms with E-state index < -0.39 is 11.9 Å². The molecule has 0 heterocycles. The predicted octanol–water partition coefficient (Wildman–Crippen LogP) is 6.20. The topological polar surface area (TPSA) is 43.4 Å². The lowest BCUT2D eigenvalue weighted by atomic mass is 9.75. The number of hydrogen-bond acceptors (Lipinski definition) is 3. The second-order valence-corrected chi connectivity index (χ2v) is 8.78. The summed E-state index contributed by atoms with van der Waals surface area (Å²) >= 11 is 0. The first-order valence-electron chi connectivity index (χ1n) is 11.0. The summed E-state index contributed by atoms with van der Waals surface area (Å²) in [6.07, 6.45) is 6.48. The summed E-state index contributed by atoms with van der Waals surface area (Å²) in [4.78, 5) is 26.4. The molecule has 3 nitrogen and oxygen atoms in total. The maximum absolute atomic E-state index is 13.2. The van der Waals surface area contributed by atoms with Gasteiger partial charge in [-0.3, -0.25) is 9.59 Å². The first-order valence-corrected chi connectivity index (χ1v) is 11.0. The van der Waals surface area contributed by atoms with Gasteiger partial charge in [-0.15, -0.1) is 0 Å². The lowest BCUT2D eigenvalue weighted by Gasteiger charge is -2.37. The third-order valence-electron chi connectivity index (χ3n) is 6.10. The summed E-state index contributed by atoms with van der Waals surface area (Å²) in [5.74, 6) is -0.300. The van der Waals surface area contributed by atoms with E-state index in [1.807, 2.05) is 54.6 Å². The molecule has 0 bridgehead atoms. The fraction of sp³-hybridized carbons (Fsp3) is 0.407. The van der Waals surface area contributed by atoms with E-state index in [0.717, 1.165) is 24.8 Å². The Morgan fingerprint density at radius 1 is 0.967 bits per heavy atom. The fourth-order valence-electron chi connectivity index (χ4n) is 4.30. The van der Waals surface area contributed by atoms with Crippen molar-refractivity contribution in [2.24, 2.45) is 23.7 Å². The number of benzene rings is 2. The summed E-state index contributed by atoms with van der Waals surface area (Å²) < 4.78 is 6.02. The normalized spacial score (nSPS) is 22.7. The van der Waals surface area contributed by atoms with Gasteiger partial charge in [-0.2, -0.15) is 0 Å². The number of hydrogen-bond donors (Lipinski definition) is 0. The average molecular weight is 405 g/mol. The van der Waals surface area contributed by atoms with E-state index >= 15 is 0 Å². The number of carbonyl (C=O) groups is 2. The zero-order valence-corrected chi connectivity index (χ0v) is 18.2. The number of ketones is 1.